The van der Waals surface area contributed by atoms with E-state index in [1.165, 1.54) is 0 Å². The number of rotatable bonds is 7. The maximum atomic E-state index is 12.8. The van der Waals surface area contributed by atoms with Crippen LogP contribution in [0.4, 0.5) is 11.4 Å². The molecule has 6 nitrogen and oxygen atoms in total. The third-order valence-corrected chi connectivity index (χ3v) is 5.70. The van der Waals surface area contributed by atoms with Gasteiger partial charge in [-0.25, -0.2) is 0 Å². The van der Waals surface area contributed by atoms with Crippen molar-refractivity contribution in [3.8, 4) is 0 Å². The highest BCUT2D eigenvalue weighted by molar-refractivity contribution is 6.04. The fourth-order valence-corrected chi connectivity index (χ4v) is 4.08. The molecule has 0 spiro atoms. The Morgan fingerprint density at radius 3 is 2.47 bits per heavy atom. The molecule has 0 atom stereocenters. The normalized spacial score (nSPS) is 13.4. The summed E-state index contributed by atoms with van der Waals surface area (Å²) in [5, 5.41) is 2.03. The second-order valence-electron chi connectivity index (χ2n) is 7.79. The molecule has 2 amide bonds. The highest BCUT2D eigenvalue weighted by Gasteiger charge is 2.22. The number of carbonyl (C=O) groups excluding carboxylic acids is 3. The molecule has 0 N–H and O–H groups in total. The van der Waals surface area contributed by atoms with Gasteiger partial charge in [-0.15, -0.1) is 0 Å². The Bertz CT molecular complexity index is 1130. The first kappa shape index (κ1) is 21.6. The van der Waals surface area contributed by atoms with Crippen LogP contribution in [0.1, 0.15) is 25.3 Å². The van der Waals surface area contributed by atoms with Crippen molar-refractivity contribution >= 4 is 39.9 Å². The Kier molecular flexibility index (Phi) is 6.50. The summed E-state index contributed by atoms with van der Waals surface area (Å²) in [6, 6.07) is 21.0. The number of anilines is 2. The highest BCUT2D eigenvalue weighted by atomic mass is 16.5. The monoisotopic (exact) mass is 430 g/mol. The number of hydrogen-bond donors (Lipinski definition) is 0. The topological polar surface area (TPSA) is 66.9 Å². The van der Waals surface area contributed by atoms with Crippen LogP contribution in [-0.2, 0) is 25.5 Å². The molecule has 1 saturated heterocycles. The van der Waals surface area contributed by atoms with E-state index < -0.39 is 5.97 Å². The molecule has 4 rings (SSSR count). The highest BCUT2D eigenvalue weighted by Crippen LogP contribution is 2.27. The Morgan fingerprint density at radius 2 is 1.75 bits per heavy atom. The fourth-order valence-electron chi connectivity index (χ4n) is 4.08. The van der Waals surface area contributed by atoms with E-state index in [2.05, 4.69) is 0 Å². The van der Waals surface area contributed by atoms with Gasteiger partial charge in [-0.1, -0.05) is 48.5 Å². The van der Waals surface area contributed by atoms with E-state index in [1.807, 2.05) is 73.7 Å². The average molecular weight is 431 g/mol. The van der Waals surface area contributed by atoms with Gasteiger partial charge >= 0.3 is 5.97 Å². The third-order valence-electron chi connectivity index (χ3n) is 5.70. The molecule has 32 heavy (non-hydrogen) atoms. The molecule has 0 bridgehead atoms. The minimum atomic E-state index is -0.461. The smallest absolute Gasteiger partial charge is 0.310 e. The van der Waals surface area contributed by atoms with Crippen LogP contribution in [-0.4, -0.2) is 37.5 Å². The zero-order valence-electron chi connectivity index (χ0n) is 18.1. The van der Waals surface area contributed by atoms with Crippen molar-refractivity contribution in [1.82, 2.24) is 0 Å². The van der Waals surface area contributed by atoms with Gasteiger partial charge < -0.3 is 14.5 Å². The van der Waals surface area contributed by atoms with E-state index in [0.29, 0.717) is 13.0 Å². The predicted molar refractivity (Wildman–Crippen MR) is 125 cm³/mol. The molecule has 0 aromatic heterocycles. The number of amides is 2. The lowest BCUT2D eigenvalue weighted by Crippen LogP contribution is -2.34. The van der Waals surface area contributed by atoms with Gasteiger partial charge in [0.1, 0.15) is 0 Å². The van der Waals surface area contributed by atoms with E-state index in [9.17, 15) is 14.4 Å². The molecular formula is C26H26N2O4. The summed E-state index contributed by atoms with van der Waals surface area (Å²) in [5.41, 5.74) is 2.42. The number of hydrogen-bond acceptors (Lipinski definition) is 4. The first-order chi connectivity index (χ1) is 15.6. The lowest BCUT2D eigenvalue weighted by molar-refractivity contribution is -0.147. The summed E-state index contributed by atoms with van der Waals surface area (Å²) in [7, 11) is 0. The van der Waals surface area contributed by atoms with Crippen LogP contribution in [0.2, 0.25) is 0 Å². The number of fused-ring (bicyclic) bond motifs is 1. The van der Waals surface area contributed by atoms with Crippen molar-refractivity contribution in [3.63, 3.8) is 0 Å². The van der Waals surface area contributed by atoms with Crippen molar-refractivity contribution in [1.29, 1.82) is 0 Å². The van der Waals surface area contributed by atoms with Crippen LogP contribution in [0.3, 0.4) is 0 Å². The number of esters is 1. The van der Waals surface area contributed by atoms with E-state index in [4.69, 9.17) is 4.74 Å². The van der Waals surface area contributed by atoms with Gasteiger partial charge in [0.15, 0.2) is 6.61 Å². The molecule has 0 unspecified atom stereocenters. The van der Waals surface area contributed by atoms with Gasteiger partial charge in [0.05, 0.1) is 12.1 Å². The first-order valence-corrected chi connectivity index (χ1v) is 10.9. The predicted octanol–water partition coefficient (Wildman–Crippen LogP) is 4.11. The zero-order valence-corrected chi connectivity index (χ0v) is 18.1. The van der Waals surface area contributed by atoms with Gasteiger partial charge in [-0.3, -0.25) is 14.4 Å². The van der Waals surface area contributed by atoms with Crippen molar-refractivity contribution in [2.24, 2.45) is 0 Å². The summed E-state index contributed by atoms with van der Waals surface area (Å²) in [6.45, 7) is 2.79. The van der Waals surface area contributed by atoms with Crippen LogP contribution in [0.15, 0.2) is 66.7 Å². The van der Waals surface area contributed by atoms with E-state index in [1.54, 1.807) is 9.80 Å². The van der Waals surface area contributed by atoms with Gasteiger partial charge in [0.25, 0.3) is 5.91 Å². The fraction of sp³-hybridized carbons (Fsp3) is 0.269. The minimum absolute atomic E-state index is 0.0713. The lowest BCUT2D eigenvalue weighted by atomic mass is 10.1. The molecule has 3 aromatic carbocycles. The molecule has 3 aromatic rings. The Balaban J connectivity index is 1.35. The number of ether oxygens (including phenoxy) is 1. The largest absolute Gasteiger partial charge is 0.455 e. The van der Waals surface area contributed by atoms with Gasteiger partial charge in [0, 0.05) is 30.6 Å². The van der Waals surface area contributed by atoms with Gasteiger partial charge in [-0.2, -0.15) is 0 Å². The first-order valence-electron chi connectivity index (χ1n) is 10.9. The molecule has 164 valence electrons. The Morgan fingerprint density at radius 1 is 1.00 bits per heavy atom. The summed E-state index contributed by atoms with van der Waals surface area (Å²) < 4.78 is 5.28. The van der Waals surface area contributed by atoms with Crippen LogP contribution in [0.5, 0.6) is 0 Å². The lowest BCUT2D eigenvalue weighted by Gasteiger charge is -2.22. The SMILES string of the molecule is CCN(C(=O)COC(=O)Cc1ccc(N2CCCC2=O)cc1)c1cccc2ccccc12. The molecule has 0 aliphatic carbocycles. The second kappa shape index (κ2) is 9.64. The number of nitrogens with zero attached hydrogens (tertiary/aromatic N) is 2. The summed E-state index contributed by atoms with van der Waals surface area (Å²) in [5.74, 6) is -0.597. The maximum absolute atomic E-state index is 12.8. The standard InChI is InChI=1S/C26H26N2O4/c1-2-27(23-10-5-8-20-7-3-4-9-22(20)23)25(30)18-32-26(31)17-19-12-14-21(15-13-19)28-16-6-11-24(28)29/h3-5,7-10,12-15H,2,6,11,16-18H2,1H3. The summed E-state index contributed by atoms with van der Waals surface area (Å²) >= 11 is 0. The number of carbonyl (C=O) groups is 3. The van der Waals surface area contributed by atoms with Gasteiger partial charge in [0.2, 0.25) is 5.91 Å². The zero-order chi connectivity index (χ0) is 22.5. The molecule has 6 heteroatoms. The van der Waals surface area contributed by atoms with E-state index >= 15 is 0 Å². The summed E-state index contributed by atoms with van der Waals surface area (Å²) in [6.07, 6.45) is 1.52. The number of benzene rings is 3. The Labute approximate surface area is 187 Å². The van der Waals surface area contributed by atoms with Crippen LogP contribution in [0, 0.1) is 0 Å². The van der Waals surface area contributed by atoms with E-state index in [-0.39, 0.29) is 24.8 Å². The molecule has 1 fully saturated rings. The van der Waals surface area contributed by atoms with Crippen molar-refractivity contribution in [3.05, 3.63) is 72.3 Å². The minimum Gasteiger partial charge on any atom is -0.455 e. The van der Waals surface area contributed by atoms with Crippen molar-refractivity contribution in [2.75, 3.05) is 29.5 Å². The Hall–Kier alpha value is -3.67. The van der Waals surface area contributed by atoms with Gasteiger partial charge in [-0.05, 0) is 42.5 Å². The second-order valence-corrected chi connectivity index (χ2v) is 7.79. The molecule has 0 saturated carbocycles. The van der Waals surface area contributed by atoms with Crippen LogP contribution < -0.4 is 9.80 Å². The molecule has 0 radical (unpaired) electrons. The molecular weight excluding hydrogens is 404 g/mol. The van der Waals surface area contributed by atoms with Crippen LogP contribution in [0.25, 0.3) is 10.8 Å². The van der Waals surface area contributed by atoms with Crippen LogP contribution >= 0.6 is 0 Å². The van der Waals surface area contributed by atoms with E-state index in [0.717, 1.165) is 40.7 Å². The molecule has 1 aliphatic rings. The average Bonchev–Trinajstić information content (AvgIpc) is 3.24. The molecule has 1 heterocycles. The quantitative estimate of drug-likeness (QED) is 0.529. The third kappa shape index (κ3) is 4.64. The van der Waals surface area contributed by atoms with Crippen molar-refractivity contribution < 1.29 is 19.1 Å². The maximum Gasteiger partial charge on any atom is 0.310 e. The number of likely N-dealkylation sites (N-methyl/N-ethyl adjacent to an activating group) is 1. The van der Waals surface area contributed by atoms with Crippen molar-refractivity contribution in [2.45, 2.75) is 26.2 Å². The molecule has 1 aliphatic heterocycles. The summed E-state index contributed by atoms with van der Waals surface area (Å²) in [4.78, 5) is 40.4.